The maximum absolute atomic E-state index is 14.0. The fourth-order valence-corrected chi connectivity index (χ4v) is 3.85. The van der Waals surface area contributed by atoms with Crippen molar-refractivity contribution in [3.05, 3.63) is 72.3 Å². The lowest BCUT2D eigenvalue weighted by molar-refractivity contribution is -0.122. The number of H-pyrrole nitrogens is 1. The summed E-state index contributed by atoms with van der Waals surface area (Å²) in [5.41, 5.74) is 2.46. The molecule has 4 rings (SSSR count). The van der Waals surface area contributed by atoms with Crippen molar-refractivity contribution in [3.8, 4) is 11.4 Å². The normalized spacial score (nSPS) is 15.6. The Morgan fingerprint density at radius 1 is 1.10 bits per heavy atom. The van der Waals surface area contributed by atoms with Gasteiger partial charge in [0.25, 0.3) is 0 Å². The van der Waals surface area contributed by atoms with Crippen molar-refractivity contribution in [1.82, 2.24) is 20.2 Å². The van der Waals surface area contributed by atoms with E-state index in [1.165, 1.54) is 6.07 Å². The van der Waals surface area contributed by atoms with Crippen LogP contribution in [0, 0.1) is 5.82 Å². The summed E-state index contributed by atoms with van der Waals surface area (Å²) in [6, 6.07) is 16.8. The first-order valence-corrected chi connectivity index (χ1v) is 10.7. The molecule has 6 nitrogen and oxygen atoms in total. The highest BCUT2D eigenvalue weighted by Gasteiger charge is 2.21. The van der Waals surface area contributed by atoms with E-state index >= 15 is 0 Å². The van der Waals surface area contributed by atoms with E-state index in [1.807, 2.05) is 49.4 Å². The van der Waals surface area contributed by atoms with Crippen LogP contribution in [0.3, 0.4) is 0 Å². The first kappa shape index (κ1) is 21.1. The third-order valence-corrected chi connectivity index (χ3v) is 5.80. The molecule has 1 aliphatic rings. The summed E-state index contributed by atoms with van der Waals surface area (Å²) in [5.74, 6) is 0.269. The largest absolute Gasteiger partial charge is 0.367 e. The van der Waals surface area contributed by atoms with Crippen molar-refractivity contribution < 1.29 is 9.18 Å². The van der Waals surface area contributed by atoms with Crippen LogP contribution in [0.4, 0.5) is 10.1 Å². The molecule has 1 aliphatic heterocycles. The maximum Gasteiger partial charge on any atom is 0.228 e. The highest BCUT2D eigenvalue weighted by molar-refractivity contribution is 5.82. The zero-order valence-electron chi connectivity index (χ0n) is 17.7. The number of hydrogen-bond donors (Lipinski definition) is 2. The highest BCUT2D eigenvalue weighted by Crippen LogP contribution is 2.21. The number of halogens is 1. The summed E-state index contributed by atoms with van der Waals surface area (Å²) >= 11 is 0. The first-order chi connectivity index (χ1) is 15.1. The quantitative estimate of drug-likeness (QED) is 0.615. The number of hydrogen-bond acceptors (Lipinski definition) is 4. The SMILES string of the molecule is CC(C(=O)NCCN1CCN(c2ccccc2F)CC1)c1cnc(-c2ccccc2)[nH]1. The number of para-hydroxylation sites is 1. The van der Waals surface area contributed by atoms with Crippen LogP contribution in [0.2, 0.25) is 0 Å². The third-order valence-electron chi connectivity index (χ3n) is 5.80. The Balaban J connectivity index is 1.22. The van der Waals surface area contributed by atoms with Gasteiger partial charge in [0, 0.05) is 56.7 Å². The number of anilines is 1. The van der Waals surface area contributed by atoms with Crippen molar-refractivity contribution in [2.24, 2.45) is 0 Å². The van der Waals surface area contributed by atoms with Crippen molar-refractivity contribution in [2.75, 3.05) is 44.2 Å². The number of benzene rings is 2. The molecule has 2 N–H and O–H groups in total. The van der Waals surface area contributed by atoms with E-state index in [1.54, 1.807) is 12.3 Å². The number of nitrogens with one attached hydrogen (secondary N) is 2. The van der Waals surface area contributed by atoms with Crippen molar-refractivity contribution in [1.29, 1.82) is 0 Å². The monoisotopic (exact) mass is 421 g/mol. The van der Waals surface area contributed by atoms with Gasteiger partial charge >= 0.3 is 0 Å². The van der Waals surface area contributed by atoms with E-state index in [0.717, 1.165) is 49.8 Å². The van der Waals surface area contributed by atoms with Gasteiger partial charge in [0.1, 0.15) is 11.6 Å². The predicted molar refractivity (Wildman–Crippen MR) is 121 cm³/mol. The Kier molecular flexibility index (Phi) is 6.62. The molecule has 2 heterocycles. The molecule has 7 heteroatoms. The van der Waals surface area contributed by atoms with Gasteiger partial charge in [-0.05, 0) is 19.1 Å². The highest BCUT2D eigenvalue weighted by atomic mass is 19.1. The zero-order chi connectivity index (χ0) is 21.6. The lowest BCUT2D eigenvalue weighted by atomic mass is 10.1. The minimum Gasteiger partial charge on any atom is -0.367 e. The van der Waals surface area contributed by atoms with Gasteiger partial charge in [0.05, 0.1) is 11.6 Å². The molecular formula is C24H28FN5O. The fraction of sp³-hybridized carbons (Fsp3) is 0.333. The van der Waals surface area contributed by atoms with Crippen LogP contribution in [0.5, 0.6) is 0 Å². The van der Waals surface area contributed by atoms with Gasteiger partial charge in [-0.2, -0.15) is 0 Å². The molecular weight excluding hydrogens is 393 g/mol. The molecule has 3 aromatic rings. The molecule has 31 heavy (non-hydrogen) atoms. The van der Waals surface area contributed by atoms with Gasteiger partial charge in [-0.25, -0.2) is 9.37 Å². The van der Waals surface area contributed by atoms with E-state index in [9.17, 15) is 9.18 Å². The van der Waals surface area contributed by atoms with Crippen LogP contribution < -0.4 is 10.2 Å². The number of piperazine rings is 1. The Labute approximate surface area is 182 Å². The van der Waals surface area contributed by atoms with E-state index < -0.39 is 0 Å². The number of nitrogens with zero attached hydrogens (tertiary/aromatic N) is 3. The molecule has 1 atom stereocenters. The van der Waals surface area contributed by atoms with Crippen LogP contribution in [-0.2, 0) is 4.79 Å². The van der Waals surface area contributed by atoms with Gasteiger partial charge in [-0.3, -0.25) is 9.69 Å². The van der Waals surface area contributed by atoms with Gasteiger partial charge < -0.3 is 15.2 Å². The van der Waals surface area contributed by atoms with Gasteiger partial charge in [-0.15, -0.1) is 0 Å². The average Bonchev–Trinajstić information content (AvgIpc) is 3.30. The van der Waals surface area contributed by atoms with Crippen LogP contribution in [0.1, 0.15) is 18.5 Å². The second-order valence-corrected chi connectivity index (χ2v) is 7.85. The lowest BCUT2D eigenvalue weighted by Gasteiger charge is -2.36. The second-order valence-electron chi connectivity index (χ2n) is 7.85. The molecule has 162 valence electrons. The average molecular weight is 422 g/mol. The summed E-state index contributed by atoms with van der Waals surface area (Å²) in [6.07, 6.45) is 1.73. The minimum atomic E-state index is -0.303. The Hall–Kier alpha value is -3.19. The predicted octanol–water partition coefficient (Wildman–Crippen LogP) is 3.26. The van der Waals surface area contributed by atoms with Crippen LogP contribution in [-0.4, -0.2) is 60.0 Å². The second kappa shape index (κ2) is 9.75. The number of rotatable bonds is 7. The summed E-state index contributed by atoms with van der Waals surface area (Å²) in [4.78, 5) is 24.6. The number of aromatic nitrogens is 2. The summed E-state index contributed by atoms with van der Waals surface area (Å²) in [7, 11) is 0. The van der Waals surface area contributed by atoms with E-state index in [4.69, 9.17) is 0 Å². The van der Waals surface area contributed by atoms with Gasteiger partial charge in [0.2, 0.25) is 5.91 Å². The number of amides is 1. The molecule has 0 aliphatic carbocycles. The Bertz CT molecular complexity index is 998. The number of carbonyl (C=O) groups is 1. The molecule has 1 unspecified atom stereocenters. The molecule has 1 saturated heterocycles. The van der Waals surface area contributed by atoms with Gasteiger partial charge in [-0.1, -0.05) is 42.5 Å². The number of imidazole rings is 1. The van der Waals surface area contributed by atoms with Crippen LogP contribution in [0.25, 0.3) is 11.4 Å². The first-order valence-electron chi connectivity index (χ1n) is 10.7. The van der Waals surface area contributed by atoms with Crippen LogP contribution in [0.15, 0.2) is 60.8 Å². The van der Waals surface area contributed by atoms with Crippen molar-refractivity contribution in [2.45, 2.75) is 12.8 Å². The third kappa shape index (κ3) is 5.11. The van der Waals surface area contributed by atoms with E-state index in [2.05, 4.69) is 25.1 Å². The zero-order valence-corrected chi connectivity index (χ0v) is 17.7. The standard InChI is InChI=1S/C24H28FN5O/c1-18(21-17-27-23(28-21)19-7-3-2-4-8-19)24(31)26-11-12-29-13-15-30(16-14-29)22-10-6-5-9-20(22)25/h2-10,17-18H,11-16H2,1H3,(H,26,31)(H,27,28). The molecule has 0 bridgehead atoms. The lowest BCUT2D eigenvalue weighted by Crippen LogP contribution is -2.48. The summed E-state index contributed by atoms with van der Waals surface area (Å²) in [5, 5.41) is 3.03. The Morgan fingerprint density at radius 2 is 1.81 bits per heavy atom. The van der Waals surface area contributed by atoms with Gasteiger partial charge in [0.15, 0.2) is 0 Å². The number of carbonyl (C=O) groups excluding carboxylic acids is 1. The molecule has 0 spiro atoms. The topological polar surface area (TPSA) is 64.3 Å². The van der Waals surface area contributed by atoms with E-state index in [0.29, 0.717) is 12.2 Å². The van der Waals surface area contributed by atoms with Crippen LogP contribution >= 0.6 is 0 Å². The molecule has 1 amide bonds. The fourth-order valence-electron chi connectivity index (χ4n) is 3.85. The Morgan fingerprint density at radius 3 is 2.55 bits per heavy atom. The smallest absolute Gasteiger partial charge is 0.228 e. The molecule has 1 aromatic heterocycles. The van der Waals surface area contributed by atoms with Crippen molar-refractivity contribution >= 4 is 11.6 Å². The van der Waals surface area contributed by atoms with E-state index in [-0.39, 0.29) is 17.6 Å². The molecule has 2 aromatic carbocycles. The summed E-state index contributed by atoms with van der Waals surface area (Å²) in [6.45, 7) is 6.50. The van der Waals surface area contributed by atoms with Crippen molar-refractivity contribution in [3.63, 3.8) is 0 Å². The maximum atomic E-state index is 14.0. The number of aromatic amines is 1. The minimum absolute atomic E-state index is 0.0201. The summed E-state index contributed by atoms with van der Waals surface area (Å²) < 4.78 is 14.0. The molecule has 0 radical (unpaired) electrons. The molecule has 1 fully saturated rings. The molecule has 0 saturated carbocycles.